The molecule has 1 aliphatic heterocycles. The first-order valence-electron chi connectivity index (χ1n) is 6.24. The first-order chi connectivity index (χ1) is 8.57. The Morgan fingerprint density at radius 2 is 1.78 bits per heavy atom. The van der Waals surface area contributed by atoms with E-state index >= 15 is 0 Å². The van der Waals surface area contributed by atoms with Crippen molar-refractivity contribution in [3.8, 4) is 11.5 Å². The number of rotatable bonds is 3. The Bertz CT molecular complexity index is 400. The minimum Gasteiger partial charge on any atom is -0.497 e. The Morgan fingerprint density at radius 3 is 2.28 bits per heavy atom. The molecule has 1 aliphatic rings. The fraction of sp³-hybridized carbons (Fsp3) is 0.571. The van der Waals surface area contributed by atoms with Crippen LogP contribution in [0.15, 0.2) is 18.2 Å². The molecule has 1 unspecified atom stereocenters. The third-order valence-corrected chi connectivity index (χ3v) is 3.58. The van der Waals surface area contributed by atoms with Gasteiger partial charge in [-0.1, -0.05) is 0 Å². The van der Waals surface area contributed by atoms with E-state index in [9.17, 15) is 0 Å². The minimum atomic E-state index is -0.0607. The summed E-state index contributed by atoms with van der Waals surface area (Å²) in [7, 11) is 5.51. The lowest BCUT2D eigenvalue weighted by Gasteiger charge is -2.40. The maximum absolute atomic E-state index is 5.34. The zero-order chi connectivity index (χ0) is 13.2. The fourth-order valence-corrected chi connectivity index (χ4v) is 2.52. The first kappa shape index (κ1) is 13.2. The monoisotopic (exact) mass is 250 g/mol. The normalized spacial score (nSPS) is 24.9. The van der Waals surface area contributed by atoms with Crippen LogP contribution < -0.4 is 14.8 Å². The topological polar surface area (TPSA) is 33.7 Å². The van der Waals surface area contributed by atoms with Crippen molar-refractivity contribution in [2.45, 2.75) is 12.5 Å². The summed E-state index contributed by atoms with van der Waals surface area (Å²) in [6.45, 7) is 5.27. The van der Waals surface area contributed by atoms with Gasteiger partial charge < -0.3 is 19.7 Å². The highest BCUT2D eigenvalue weighted by Crippen LogP contribution is 2.31. The van der Waals surface area contributed by atoms with Crippen molar-refractivity contribution in [3.63, 3.8) is 0 Å². The van der Waals surface area contributed by atoms with Gasteiger partial charge in [0, 0.05) is 25.7 Å². The van der Waals surface area contributed by atoms with Crippen LogP contribution in [0.25, 0.3) is 0 Å². The Balaban J connectivity index is 2.36. The summed E-state index contributed by atoms with van der Waals surface area (Å²) in [4.78, 5) is 2.34. The second-order valence-corrected chi connectivity index (χ2v) is 5.10. The SMILES string of the molecule is COc1cc(OC)cc(C2(C)CN(C)CCN2)c1. The van der Waals surface area contributed by atoms with Crippen LogP contribution >= 0.6 is 0 Å². The van der Waals surface area contributed by atoms with Crippen molar-refractivity contribution in [2.24, 2.45) is 0 Å². The van der Waals surface area contributed by atoms with Crippen LogP contribution in [0.1, 0.15) is 12.5 Å². The van der Waals surface area contributed by atoms with E-state index in [0.29, 0.717) is 0 Å². The van der Waals surface area contributed by atoms with E-state index in [2.05, 4.69) is 36.3 Å². The standard InChI is InChI=1S/C14H22N2O2/c1-14(10-16(2)6-5-15-14)11-7-12(17-3)9-13(8-11)18-4/h7-9,15H,5-6,10H2,1-4H3. The van der Waals surface area contributed by atoms with E-state index in [4.69, 9.17) is 9.47 Å². The molecule has 0 amide bonds. The quantitative estimate of drug-likeness (QED) is 0.880. The molecule has 4 heteroatoms. The van der Waals surface area contributed by atoms with Crippen LogP contribution in [0.5, 0.6) is 11.5 Å². The van der Waals surface area contributed by atoms with Crippen molar-refractivity contribution < 1.29 is 9.47 Å². The molecule has 2 rings (SSSR count). The van der Waals surface area contributed by atoms with Crippen molar-refractivity contribution >= 4 is 0 Å². The van der Waals surface area contributed by atoms with E-state index in [1.54, 1.807) is 14.2 Å². The number of methoxy groups -OCH3 is 2. The van der Waals surface area contributed by atoms with Crippen molar-refractivity contribution in [1.82, 2.24) is 10.2 Å². The van der Waals surface area contributed by atoms with Gasteiger partial charge in [0.1, 0.15) is 11.5 Å². The summed E-state index contributed by atoms with van der Waals surface area (Å²) >= 11 is 0. The van der Waals surface area contributed by atoms with E-state index < -0.39 is 0 Å². The van der Waals surface area contributed by atoms with E-state index in [1.807, 2.05) is 6.07 Å². The Hall–Kier alpha value is -1.26. The van der Waals surface area contributed by atoms with Gasteiger partial charge in [-0.15, -0.1) is 0 Å². The van der Waals surface area contributed by atoms with Gasteiger partial charge in [0.05, 0.1) is 19.8 Å². The second-order valence-electron chi connectivity index (χ2n) is 5.10. The summed E-state index contributed by atoms with van der Waals surface area (Å²) < 4.78 is 10.7. The van der Waals surface area contributed by atoms with Crippen molar-refractivity contribution in [1.29, 1.82) is 0 Å². The van der Waals surface area contributed by atoms with Crippen LogP contribution in [-0.2, 0) is 5.54 Å². The summed E-state index contributed by atoms with van der Waals surface area (Å²) in [5.74, 6) is 1.67. The smallest absolute Gasteiger partial charge is 0.122 e. The summed E-state index contributed by atoms with van der Waals surface area (Å²) in [6.07, 6.45) is 0. The molecule has 1 aromatic carbocycles. The Labute approximate surface area is 109 Å². The van der Waals surface area contributed by atoms with Crippen LogP contribution in [0.4, 0.5) is 0 Å². The number of ether oxygens (including phenoxy) is 2. The largest absolute Gasteiger partial charge is 0.497 e. The zero-order valence-corrected chi connectivity index (χ0v) is 11.6. The summed E-state index contributed by atoms with van der Waals surface area (Å²) in [5.41, 5.74) is 1.14. The maximum atomic E-state index is 5.34. The van der Waals surface area contributed by atoms with Crippen LogP contribution in [0, 0.1) is 0 Å². The van der Waals surface area contributed by atoms with Crippen LogP contribution in [0.3, 0.4) is 0 Å². The third-order valence-electron chi connectivity index (χ3n) is 3.58. The van der Waals surface area contributed by atoms with Crippen LogP contribution in [-0.4, -0.2) is 45.8 Å². The fourth-order valence-electron chi connectivity index (χ4n) is 2.52. The third kappa shape index (κ3) is 2.60. The highest BCUT2D eigenvalue weighted by atomic mass is 16.5. The van der Waals surface area contributed by atoms with Gasteiger partial charge in [-0.2, -0.15) is 0 Å². The van der Waals surface area contributed by atoms with E-state index in [1.165, 1.54) is 5.56 Å². The number of hydrogen-bond acceptors (Lipinski definition) is 4. The molecule has 1 heterocycles. The molecule has 0 spiro atoms. The van der Waals surface area contributed by atoms with Crippen molar-refractivity contribution in [3.05, 3.63) is 23.8 Å². The predicted molar refractivity (Wildman–Crippen MR) is 72.4 cm³/mol. The molecule has 1 saturated heterocycles. The molecule has 0 radical (unpaired) electrons. The van der Waals surface area contributed by atoms with Gasteiger partial charge in [0.15, 0.2) is 0 Å². The van der Waals surface area contributed by atoms with E-state index in [-0.39, 0.29) is 5.54 Å². The summed E-state index contributed by atoms with van der Waals surface area (Å²) in [5, 5.41) is 3.59. The minimum absolute atomic E-state index is 0.0607. The number of hydrogen-bond donors (Lipinski definition) is 1. The highest BCUT2D eigenvalue weighted by molar-refractivity contribution is 5.41. The van der Waals surface area contributed by atoms with Gasteiger partial charge in [0.2, 0.25) is 0 Å². The molecule has 1 fully saturated rings. The maximum Gasteiger partial charge on any atom is 0.122 e. The Kier molecular flexibility index (Phi) is 3.78. The molecule has 1 aromatic rings. The number of likely N-dealkylation sites (N-methyl/N-ethyl adjacent to an activating group) is 1. The number of benzene rings is 1. The predicted octanol–water partition coefficient (Wildman–Crippen LogP) is 1.45. The van der Waals surface area contributed by atoms with Gasteiger partial charge >= 0.3 is 0 Å². The van der Waals surface area contributed by atoms with Gasteiger partial charge in [-0.25, -0.2) is 0 Å². The molecule has 0 bridgehead atoms. The van der Waals surface area contributed by atoms with Crippen molar-refractivity contribution in [2.75, 3.05) is 40.9 Å². The summed E-state index contributed by atoms with van der Waals surface area (Å²) in [6, 6.07) is 6.06. The lowest BCUT2D eigenvalue weighted by Crippen LogP contribution is -2.55. The molecule has 0 saturated carbocycles. The molecule has 0 aliphatic carbocycles. The molecule has 0 aromatic heterocycles. The number of nitrogens with one attached hydrogen (secondary N) is 1. The molecule has 1 atom stereocenters. The molecular formula is C14H22N2O2. The van der Waals surface area contributed by atoms with Gasteiger partial charge in [-0.3, -0.25) is 0 Å². The Morgan fingerprint density at radius 1 is 1.17 bits per heavy atom. The number of nitrogens with zero attached hydrogens (tertiary/aromatic N) is 1. The lowest BCUT2D eigenvalue weighted by molar-refractivity contribution is 0.170. The van der Waals surface area contributed by atoms with Gasteiger partial charge in [0.25, 0.3) is 0 Å². The zero-order valence-electron chi connectivity index (χ0n) is 11.6. The average molecular weight is 250 g/mol. The van der Waals surface area contributed by atoms with E-state index in [0.717, 1.165) is 31.1 Å². The molecule has 100 valence electrons. The second kappa shape index (κ2) is 5.16. The average Bonchev–Trinajstić information content (AvgIpc) is 2.37. The molecule has 4 nitrogen and oxygen atoms in total. The molecule has 1 N–H and O–H groups in total. The van der Waals surface area contributed by atoms with Crippen LogP contribution in [0.2, 0.25) is 0 Å². The first-order valence-corrected chi connectivity index (χ1v) is 6.24. The highest BCUT2D eigenvalue weighted by Gasteiger charge is 2.31. The number of piperazine rings is 1. The van der Waals surface area contributed by atoms with Gasteiger partial charge in [-0.05, 0) is 31.7 Å². The lowest BCUT2D eigenvalue weighted by atomic mass is 9.89. The molecule has 18 heavy (non-hydrogen) atoms. The molecular weight excluding hydrogens is 228 g/mol.